The maximum Gasteiger partial charge on any atom is 0.451 e. The van der Waals surface area contributed by atoms with Gasteiger partial charge in [-0.2, -0.15) is 13.2 Å². The molecule has 1 aliphatic rings. The van der Waals surface area contributed by atoms with E-state index in [0.29, 0.717) is 13.0 Å². The van der Waals surface area contributed by atoms with Crippen LogP contribution >= 0.6 is 0 Å². The molecular formula is C12H16F3N5O. The van der Waals surface area contributed by atoms with E-state index in [9.17, 15) is 18.0 Å². The molecule has 2 rings (SSSR count). The molecule has 0 aliphatic carbocycles. The Balaban J connectivity index is 2.39. The van der Waals surface area contributed by atoms with Crippen LogP contribution in [0.15, 0.2) is 6.07 Å². The third-order valence-corrected chi connectivity index (χ3v) is 3.33. The summed E-state index contributed by atoms with van der Waals surface area (Å²) in [5.41, 5.74) is 5.44. The highest BCUT2D eigenvalue weighted by Gasteiger charge is 2.37. The number of likely N-dealkylation sites (N-methyl/N-ethyl adjacent to an activating group) is 1. The summed E-state index contributed by atoms with van der Waals surface area (Å²) in [6, 6.07) is 0.718. The largest absolute Gasteiger partial charge is 0.451 e. The second-order valence-electron chi connectivity index (χ2n) is 4.79. The zero-order valence-corrected chi connectivity index (χ0v) is 11.4. The van der Waals surface area contributed by atoms with E-state index in [1.54, 1.807) is 4.90 Å². The molecular weight excluding hydrogens is 287 g/mol. The molecule has 1 unspecified atom stereocenters. The number of anilines is 2. The summed E-state index contributed by atoms with van der Waals surface area (Å²) in [5, 5.41) is 2.52. The summed E-state index contributed by atoms with van der Waals surface area (Å²) in [6.45, 7) is 0.450. The third kappa shape index (κ3) is 3.34. The third-order valence-electron chi connectivity index (χ3n) is 3.33. The molecule has 1 amide bonds. The monoisotopic (exact) mass is 303 g/mol. The molecule has 1 atom stereocenters. The Bertz CT molecular complexity index is 534. The highest BCUT2D eigenvalue weighted by atomic mass is 19.4. The number of hydrogen-bond donors (Lipinski definition) is 2. The Labute approximate surface area is 119 Å². The van der Waals surface area contributed by atoms with Crippen molar-refractivity contribution in [2.75, 3.05) is 24.2 Å². The van der Waals surface area contributed by atoms with Gasteiger partial charge < -0.3 is 16.0 Å². The van der Waals surface area contributed by atoms with Crippen molar-refractivity contribution in [2.45, 2.75) is 31.5 Å². The topological polar surface area (TPSA) is 84.1 Å². The van der Waals surface area contributed by atoms with Crippen LogP contribution in [0.3, 0.4) is 0 Å². The van der Waals surface area contributed by atoms with Crippen LogP contribution in [0.2, 0.25) is 0 Å². The molecule has 1 saturated heterocycles. The van der Waals surface area contributed by atoms with Gasteiger partial charge in [0.1, 0.15) is 17.7 Å². The summed E-state index contributed by atoms with van der Waals surface area (Å²) in [6.07, 6.45) is -2.51. The number of piperidine rings is 1. The Kier molecular flexibility index (Phi) is 4.19. The fourth-order valence-corrected chi connectivity index (χ4v) is 2.37. The second kappa shape index (κ2) is 5.74. The molecule has 116 valence electrons. The van der Waals surface area contributed by atoms with Crippen molar-refractivity contribution in [3.05, 3.63) is 11.9 Å². The smallest absolute Gasteiger partial charge is 0.384 e. The Morgan fingerprint density at radius 2 is 2.14 bits per heavy atom. The van der Waals surface area contributed by atoms with Crippen LogP contribution in [0.4, 0.5) is 24.8 Å². The van der Waals surface area contributed by atoms with E-state index >= 15 is 0 Å². The van der Waals surface area contributed by atoms with Crippen molar-refractivity contribution >= 4 is 17.5 Å². The first-order valence-corrected chi connectivity index (χ1v) is 6.53. The molecule has 3 N–H and O–H groups in total. The van der Waals surface area contributed by atoms with Gasteiger partial charge in [-0.25, -0.2) is 9.97 Å². The molecule has 21 heavy (non-hydrogen) atoms. The minimum Gasteiger partial charge on any atom is -0.384 e. The van der Waals surface area contributed by atoms with Crippen LogP contribution < -0.4 is 16.0 Å². The number of aromatic nitrogens is 2. The number of carbonyl (C=O) groups excluding carboxylic acids is 1. The van der Waals surface area contributed by atoms with E-state index in [2.05, 4.69) is 15.3 Å². The molecule has 6 nitrogen and oxygen atoms in total. The molecule has 1 fully saturated rings. The molecule has 9 heteroatoms. The molecule has 0 bridgehead atoms. The van der Waals surface area contributed by atoms with Crippen molar-refractivity contribution in [1.29, 1.82) is 0 Å². The normalized spacial score (nSPS) is 19.4. The fourth-order valence-electron chi connectivity index (χ4n) is 2.37. The van der Waals surface area contributed by atoms with Crippen LogP contribution in [-0.2, 0) is 11.0 Å². The van der Waals surface area contributed by atoms with E-state index in [-0.39, 0.29) is 17.5 Å². The van der Waals surface area contributed by atoms with E-state index in [1.807, 2.05) is 0 Å². The van der Waals surface area contributed by atoms with E-state index in [0.717, 1.165) is 12.8 Å². The van der Waals surface area contributed by atoms with Gasteiger partial charge in [0.15, 0.2) is 0 Å². The highest BCUT2D eigenvalue weighted by molar-refractivity contribution is 5.85. The number of carbonyl (C=O) groups is 1. The Morgan fingerprint density at radius 3 is 2.76 bits per heavy atom. The number of nitrogen functional groups attached to an aromatic ring is 1. The minimum atomic E-state index is -4.68. The lowest BCUT2D eigenvalue weighted by atomic mass is 10.0. The van der Waals surface area contributed by atoms with Gasteiger partial charge in [-0.15, -0.1) is 0 Å². The maximum atomic E-state index is 12.8. The van der Waals surface area contributed by atoms with Crippen LogP contribution in [0, 0.1) is 0 Å². The molecule has 0 saturated carbocycles. The zero-order valence-electron chi connectivity index (χ0n) is 11.4. The van der Waals surface area contributed by atoms with Crippen molar-refractivity contribution in [1.82, 2.24) is 15.3 Å². The second-order valence-corrected chi connectivity index (χ2v) is 4.79. The van der Waals surface area contributed by atoms with Gasteiger partial charge >= 0.3 is 6.18 Å². The number of nitrogens with zero attached hydrogens (tertiary/aromatic N) is 3. The minimum absolute atomic E-state index is 0.0307. The van der Waals surface area contributed by atoms with Gasteiger partial charge in [-0.05, 0) is 19.3 Å². The standard InChI is InChI=1S/C12H16F3N5O/c1-17-10(21)7-4-2-3-5-20(7)9-6-8(16)18-11(19-9)12(13,14)15/h6-7H,2-5H2,1H3,(H,17,21)(H2,16,18,19). The van der Waals surface area contributed by atoms with Crippen LogP contribution in [0.1, 0.15) is 25.1 Å². The molecule has 0 aromatic carbocycles. The lowest BCUT2D eigenvalue weighted by Crippen LogP contribution is -2.49. The first kappa shape index (κ1) is 15.3. The van der Waals surface area contributed by atoms with Gasteiger partial charge in [0.25, 0.3) is 0 Å². The van der Waals surface area contributed by atoms with Crippen molar-refractivity contribution in [3.8, 4) is 0 Å². The van der Waals surface area contributed by atoms with Gasteiger partial charge in [-0.1, -0.05) is 0 Å². The van der Waals surface area contributed by atoms with Crippen molar-refractivity contribution in [2.24, 2.45) is 0 Å². The lowest BCUT2D eigenvalue weighted by Gasteiger charge is -2.35. The average molecular weight is 303 g/mol. The number of nitrogens with one attached hydrogen (secondary N) is 1. The Hall–Kier alpha value is -2.06. The van der Waals surface area contributed by atoms with Gasteiger partial charge in [0.05, 0.1) is 0 Å². The molecule has 1 aliphatic heterocycles. The van der Waals surface area contributed by atoms with Gasteiger partial charge in [0, 0.05) is 19.7 Å². The lowest BCUT2D eigenvalue weighted by molar-refractivity contribution is -0.144. The number of nitrogens with two attached hydrogens (primary N) is 1. The number of hydrogen-bond acceptors (Lipinski definition) is 5. The van der Waals surface area contributed by atoms with E-state index in [4.69, 9.17) is 5.73 Å². The summed E-state index contributed by atoms with van der Waals surface area (Å²) in [4.78, 5) is 20.1. The molecule has 1 aromatic heterocycles. The fraction of sp³-hybridized carbons (Fsp3) is 0.583. The number of halogens is 3. The highest BCUT2D eigenvalue weighted by Crippen LogP contribution is 2.30. The Morgan fingerprint density at radius 1 is 1.43 bits per heavy atom. The number of alkyl halides is 3. The van der Waals surface area contributed by atoms with Gasteiger partial charge in [-0.3, -0.25) is 4.79 Å². The zero-order chi connectivity index (χ0) is 15.6. The summed E-state index contributed by atoms with van der Waals surface area (Å²) in [5.74, 6) is -1.78. The molecule has 0 spiro atoms. The summed E-state index contributed by atoms with van der Waals surface area (Å²) >= 11 is 0. The number of rotatable bonds is 2. The molecule has 2 heterocycles. The molecule has 0 radical (unpaired) electrons. The maximum absolute atomic E-state index is 12.8. The quantitative estimate of drug-likeness (QED) is 0.857. The predicted molar refractivity (Wildman–Crippen MR) is 70.5 cm³/mol. The predicted octanol–water partition coefficient (Wildman–Crippen LogP) is 1.18. The van der Waals surface area contributed by atoms with Crippen molar-refractivity contribution < 1.29 is 18.0 Å². The first-order valence-electron chi connectivity index (χ1n) is 6.53. The van der Waals surface area contributed by atoms with Gasteiger partial charge in [0.2, 0.25) is 11.7 Å². The number of amides is 1. The SMILES string of the molecule is CNC(=O)C1CCCCN1c1cc(N)nc(C(F)(F)F)n1. The van der Waals surface area contributed by atoms with E-state index in [1.165, 1.54) is 13.1 Å². The van der Waals surface area contributed by atoms with Crippen LogP contribution in [-0.4, -0.2) is 35.5 Å². The summed E-state index contributed by atoms with van der Waals surface area (Å²) < 4.78 is 38.3. The average Bonchev–Trinajstić information content (AvgIpc) is 2.45. The molecule has 1 aromatic rings. The summed E-state index contributed by atoms with van der Waals surface area (Å²) in [7, 11) is 1.49. The van der Waals surface area contributed by atoms with Crippen molar-refractivity contribution in [3.63, 3.8) is 0 Å². The first-order chi connectivity index (χ1) is 9.82. The van der Waals surface area contributed by atoms with Crippen LogP contribution in [0.25, 0.3) is 0 Å². The van der Waals surface area contributed by atoms with E-state index < -0.39 is 18.0 Å². The van der Waals surface area contributed by atoms with Crippen LogP contribution in [0.5, 0.6) is 0 Å².